The highest BCUT2D eigenvalue weighted by Crippen LogP contribution is 2.07. The maximum absolute atomic E-state index is 4.30. The van der Waals surface area contributed by atoms with Gasteiger partial charge in [-0.15, -0.1) is 0 Å². The van der Waals surface area contributed by atoms with Crippen LogP contribution in [0.3, 0.4) is 0 Å². The van der Waals surface area contributed by atoms with Gasteiger partial charge in [-0.3, -0.25) is 0 Å². The van der Waals surface area contributed by atoms with Gasteiger partial charge < -0.3 is 10.2 Å². The van der Waals surface area contributed by atoms with Crippen molar-refractivity contribution in [1.82, 2.24) is 10.3 Å². The Hall–Kier alpha value is -1.09. The molecule has 0 saturated heterocycles. The smallest absolute Gasteiger partial charge is 0.128 e. The molecule has 0 aromatic carbocycles. The number of nitrogens with one attached hydrogen (secondary N) is 1. The topological polar surface area (TPSA) is 28.2 Å². The van der Waals surface area contributed by atoms with Crippen molar-refractivity contribution in [2.45, 2.75) is 6.92 Å². The van der Waals surface area contributed by atoms with E-state index in [0.29, 0.717) is 0 Å². The lowest BCUT2D eigenvalue weighted by molar-refractivity contribution is 0.729. The third kappa shape index (κ3) is 3.03. The van der Waals surface area contributed by atoms with Crippen molar-refractivity contribution in [3.8, 4) is 0 Å². The molecule has 1 aromatic heterocycles. The average Bonchev–Trinajstić information content (AvgIpc) is 2.21. The zero-order valence-corrected chi connectivity index (χ0v) is 8.33. The highest BCUT2D eigenvalue weighted by atomic mass is 15.2. The molecule has 0 aliphatic carbocycles. The molecule has 0 unspecified atom stereocenters. The predicted molar refractivity (Wildman–Crippen MR) is 56.1 cm³/mol. The second-order valence-electron chi connectivity index (χ2n) is 2.87. The molecule has 72 valence electrons. The van der Waals surface area contributed by atoms with Crippen LogP contribution >= 0.6 is 0 Å². The van der Waals surface area contributed by atoms with E-state index in [1.165, 1.54) is 0 Å². The maximum Gasteiger partial charge on any atom is 0.128 e. The fourth-order valence-electron chi connectivity index (χ4n) is 1.22. The first-order valence-electron chi connectivity index (χ1n) is 4.69. The molecular weight excluding hydrogens is 162 g/mol. The minimum absolute atomic E-state index is 0.990. The first kappa shape index (κ1) is 9.99. The molecule has 0 aliphatic rings. The number of nitrogens with zero attached hydrogens (tertiary/aromatic N) is 2. The highest BCUT2D eigenvalue weighted by Gasteiger charge is 2.02. The molecule has 0 amide bonds. The Bertz CT molecular complexity index is 223. The summed E-state index contributed by atoms with van der Waals surface area (Å²) < 4.78 is 0. The lowest BCUT2D eigenvalue weighted by atomic mass is 10.4. The van der Waals surface area contributed by atoms with Crippen LogP contribution in [0.25, 0.3) is 0 Å². The van der Waals surface area contributed by atoms with Gasteiger partial charge in [0, 0.05) is 25.8 Å². The number of hydrogen-bond acceptors (Lipinski definition) is 3. The number of likely N-dealkylation sites (N-methyl/N-ethyl adjacent to an activating group) is 2. The van der Waals surface area contributed by atoms with Crippen LogP contribution in [0.4, 0.5) is 5.82 Å². The van der Waals surface area contributed by atoms with E-state index in [0.717, 1.165) is 25.5 Å². The molecule has 0 fully saturated rings. The Morgan fingerprint density at radius 3 is 2.85 bits per heavy atom. The maximum atomic E-state index is 4.30. The Kier molecular flexibility index (Phi) is 4.26. The molecule has 3 heteroatoms. The van der Waals surface area contributed by atoms with Crippen LogP contribution in [0.2, 0.25) is 0 Å². The van der Waals surface area contributed by atoms with Crippen LogP contribution < -0.4 is 10.2 Å². The van der Waals surface area contributed by atoms with Gasteiger partial charge in [-0.05, 0) is 26.1 Å². The molecule has 13 heavy (non-hydrogen) atoms. The molecule has 0 saturated carbocycles. The minimum atomic E-state index is 0.990. The molecular formula is C10H17N3. The van der Waals surface area contributed by atoms with Crippen molar-refractivity contribution in [1.29, 1.82) is 0 Å². The molecule has 1 heterocycles. The Morgan fingerprint density at radius 1 is 1.46 bits per heavy atom. The fourth-order valence-corrected chi connectivity index (χ4v) is 1.22. The summed E-state index contributed by atoms with van der Waals surface area (Å²) in [4.78, 5) is 6.55. The standard InChI is InChI=1S/C10H17N3/c1-3-13(9-8-11-2)10-6-4-5-7-12-10/h4-7,11H,3,8-9H2,1-2H3. The summed E-state index contributed by atoms with van der Waals surface area (Å²) in [6.45, 7) is 5.14. The summed E-state index contributed by atoms with van der Waals surface area (Å²) >= 11 is 0. The highest BCUT2D eigenvalue weighted by molar-refractivity contribution is 5.37. The molecule has 3 nitrogen and oxygen atoms in total. The molecule has 1 rings (SSSR count). The molecule has 0 atom stereocenters. The van der Waals surface area contributed by atoms with Crippen molar-refractivity contribution < 1.29 is 0 Å². The van der Waals surface area contributed by atoms with E-state index >= 15 is 0 Å². The number of rotatable bonds is 5. The zero-order valence-electron chi connectivity index (χ0n) is 8.33. The summed E-state index contributed by atoms with van der Waals surface area (Å²) in [5.41, 5.74) is 0. The van der Waals surface area contributed by atoms with Gasteiger partial charge in [-0.25, -0.2) is 4.98 Å². The number of pyridine rings is 1. The number of hydrogen-bond donors (Lipinski definition) is 1. The Labute approximate surface area is 79.8 Å². The summed E-state index contributed by atoms with van der Waals surface area (Å²) in [6.07, 6.45) is 1.83. The molecule has 0 aliphatic heterocycles. The molecule has 0 bridgehead atoms. The van der Waals surface area contributed by atoms with Gasteiger partial charge in [-0.1, -0.05) is 6.07 Å². The van der Waals surface area contributed by atoms with Crippen LogP contribution in [0.5, 0.6) is 0 Å². The van der Waals surface area contributed by atoms with Crippen molar-refractivity contribution in [2.75, 3.05) is 31.6 Å². The summed E-state index contributed by atoms with van der Waals surface area (Å²) in [5, 5.41) is 3.13. The van der Waals surface area contributed by atoms with Crippen molar-refractivity contribution >= 4 is 5.82 Å². The van der Waals surface area contributed by atoms with Crippen molar-refractivity contribution in [3.63, 3.8) is 0 Å². The molecule has 1 aromatic rings. The molecule has 0 radical (unpaired) electrons. The van der Waals surface area contributed by atoms with Crippen LogP contribution in [0.1, 0.15) is 6.92 Å². The predicted octanol–water partition coefficient (Wildman–Crippen LogP) is 1.13. The lowest BCUT2D eigenvalue weighted by Crippen LogP contribution is -2.31. The van der Waals surface area contributed by atoms with Gasteiger partial charge in [0.1, 0.15) is 5.82 Å². The van der Waals surface area contributed by atoms with Crippen LogP contribution in [0.15, 0.2) is 24.4 Å². The molecule has 1 N–H and O–H groups in total. The summed E-state index contributed by atoms with van der Waals surface area (Å²) in [6, 6.07) is 6.00. The Morgan fingerprint density at radius 2 is 2.31 bits per heavy atom. The van der Waals surface area contributed by atoms with Gasteiger partial charge >= 0.3 is 0 Å². The van der Waals surface area contributed by atoms with Gasteiger partial charge in [0.25, 0.3) is 0 Å². The normalized spacial score (nSPS) is 10.0. The first-order chi connectivity index (χ1) is 6.38. The lowest BCUT2D eigenvalue weighted by Gasteiger charge is -2.21. The fraction of sp³-hybridized carbons (Fsp3) is 0.500. The molecule has 0 spiro atoms. The Balaban J connectivity index is 2.56. The van der Waals surface area contributed by atoms with Gasteiger partial charge in [0.2, 0.25) is 0 Å². The number of anilines is 1. The summed E-state index contributed by atoms with van der Waals surface area (Å²) in [5.74, 6) is 1.06. The summed E-state index contributed by atoms with van der Waals surface area (Å²) in [7, 11) is 1.96. The van der Waals surface area contributed by atoms with Gasteiger partial charge in [0.05, 0.1) is 0 Å². The second-order valence-corrected chi connectivity index (χ2v) is 2.87. The largest absolute Gasteiger partial charge is 0.356 e. The van der Waals surface area contributed by atoms with E-state index in [1.54, 1.807) is 0 Å². The van der Waals surface area contributed by atoms with Crippen molar-refractivity contribution in [3.05, 3.63) is 24.4 Å². The van der Waals surface area contributed by atoms with Gasteiger partial charge in [-0.2, -0.15) is 0 Å². The average molecular weight is 179 g/mol. The van der Waals surface area contributed by atoms with Crippen molar-refractivity contribution in [2.24, 2.45) is 0 Å². The first-order valence-corrected chi connectivity index (χ1v) is 4.69. The second kappa shape index (κ2) is 5.54. The SMILES string of the molecule is CCN(CCNC)c1ccccn1. The van der Waals surface area contributed by atoms with Crippen LogP contribution in [0, 0.1) is 0 Å². The third-order valence-electron chi connectivity index (χ3n) is 1.99. The van der Waals surface area contributed by atoms with Crippen LogP contribution in [-0.2, 0) is 0 Å². The van der Waals surface area contributed by atoms with Crippen LogP contribution in [-0.4, -0.2) is 31.7 Å². The minimum Gasteiger partial charge on any atom is -0.356 e. The van der Waals surface area contributed by atoms with E-state index in [4.69, 9.17) is 0 Å². The third-order valence-corrected chi connectivity index (χ3v) is 1.99. The zero-order chi connectivity index (χ0) is 9.52. The van der Waals surface area contributed by atoms with E-state index < -0.39 is 0 Å². The van der Waals surface area contributed by atoms with E-state index in [-0.39, 0.29) is 0 Å². The monoisotopic (exact) mass is 179 g/mol. The number of aromatic nitrogens is 1. The van der Waals surface area contributed by atoms with E-state index in [1.807, 2.05) is 31.4 Å². The van der Waals surface area contributed by atoms with E-state index in [9.17, 15) is 0 Å². The van der Waals surface area contributed by atoms with E-state index in [2.05, 4.69) is 22.1 Å². The quantitative estimate of drug-likeness (QED) is 0.734. The van der Waals surface area contributed by atoms with Gasteiger partial charge in [0.15, 0.2) is 0 Å².